The monoisotopic (exact) mass is 441 g/mol. The third kappa shape index (κ3) is 4.70. The molecule has 2 heterocycles. The molecule has 0 spiro atoms. The summed E-state index contributed by atoms with van der Waals surface area (Å²) in [5.74, 6) is -0.0631. The van der Waals surface area contributed by atoms with E-state index in [1.54, 1.807) is 28.8 Å². The molecule has 0 unspecified atom stereocenters. The Morgan fingerprint density at radius 1 is 1.14 bits per heavy atom. The van der Waals surface area contributed by atoms with E-state index in [1.165, 1.54) is 23.1 Å². The standard InChI is InChI=1S/C21H16ClN3O2S2/c22-15-7-4-8-16(11-15)23-18(26)13-29-21-24-17-9-10-28-19(17)20(27)25(21)12-14-5-2-1-3-6-14/h1-11H,12-13H2,(H,23,26). The van der Waals surface area contributed by atoms with Gasteiger partial charge in [0.15, 0.2) is 5.16 Å². The van der Waals surface area contributed by atoms with Gasteiger partial charge in [0.1, 0.15) is 4.70 Å². The first-order valence-electron chi connectivity index (χ1n) is 8.80. The van der Waals surface area contributed by atoms with E-state index in [4.69, 9.17) is 11.6 Å². The lowest BCUT2D eigenvalue weighted by atomic mass is 10.2. The van der Waals surface area contributed by atoms with Gasteiger partial charge in [-0.2, -0.15) is 0 Å². The van der Waals surface area contributed by atoms with Crippen molar-refractivity contribution >= 4 is 56.5 Å². The highest BCUT2D eigenvalue weighted by atomic mass is 35.5. The van der Waals surface area contributed by atoms with Gasteiger partial charge in [0.2, 0.25) is 5.91 Å². The zero-order valence-electron chi connectivity index (χ0n) is 15.2. The zero-order chi connectivity index (χ0) is 20.2. The van der Waals surface area contributed by atoms with Gasteiger partial charge in [0.05, 0.1) is 17.8 Å². The molecule has 2 aromatic carbocycles. The molecule has 0 bridgehead atoms. The molecule has 4 aromatic rings. The van der Waals surface area contributed by atoms with E-state index in [0.29, 0.717) is 32.6 Å². The summed E-state index contributed by atoms with van der Waals surface area (Å²) in [5, 5.41) is 5.74. The Hall–Kier alpha value is -2.61. The number of nitrogens with zero attached hydrogens (tertiary/aromatic N) is 2. The fourth-order valence-electron chi connectivity index (χ4n) is 2.83. The van der Waals surface area contributed by atoms with E-state index in [9.17, 15) is 9.59 Å². The number of halogens is 1. The number of thiophene rings is 1. The summed E-state index contributed by atoms with van der Waals surface area (Å²) in [4.78, 5) is 30.0. The molecule has 0 aliphatic rings. The predicted molar refractivity (Wildman–Crippen MR) is 120 cm³/mol. The SMILES string of the molecule is O=C(CSc1nc2ccsc2c(=O)n1Cc1ccccc1)Nc1cccc(Cl)c1. The highest BCUT2D eigenvalue weighted by Crippen LogP contribution is 2.22. The fourth-order valence-corrected chi connectivity index (χ4v) is 4.60. The molecule has 2 aromatic heterocycles. The van der Waals surface area contributed by atoms with Crippen LogP contribution in [-0.4, -0.2) is 21.2 Å². The highest BCUT2D eigenvalue weighted by Gasteiger charge is 2.15. The van der Waals surface area contributed by atoms with Crippen LogP contribution in [0.3, 0.4) is 0 Å². The molecule has 4 rings (SSSR count). The minimum Gasteiger partial charge on any atom is -0.325 e. The largest absolute Gasteiger partial charge is 0.325 e. The highest BCUT2D eigenvalue weighted by molar-refractivity contribution is 7.99. The third-order valence-electron chi connectivity index (χ3n) is 4.16. The van der Waals surface area contributed by atoms with Crippen LogP contribution in [-0.2, 0) is 11.3 Å². The van der Waals surface area contributed by atoms with Crippen LogP contribution in [0.25, 0.3) is 10.2 Å². The van der Waals surface area contributed by atoms with Gasteiger partial charge in [-0.05, 0) is 35.2 Å². The molecule has 1 N–H and O–H groups in total. The molecule has 1 amide bonds. The van der Waals surface area contributed by atoms with Crippen molar-refractivity contribution in [2.75, 3.05) is 11.1 Å². The molecule has 0 radical (unpaired) electrons. The summed E-state index contributed by atoms with van der Waals surface area (Å²) >= 11 is 8.58. The van der Waals surface area contributed by atoms with Gasteiger partial charge in [-0.15, -0.1) is 11.3 Å². The second kappa shape index (κ2) is 8.82. The molecule has 0 saturated heterocycles. The average molecular weight is 442 g/mol. The van der Waals surface area contributed by atoms with Crippen molar-refractivity contribution in [1.82, 2.24) is 9.55 Å². The van der Waals surface area contributed by atoms with Crippen molar-refractivity contribution in [3.05, 3.63) is 87.0 Å². The van der Waals surface area contributed by atoms with E-state index in [2.05, 4.69) is 10.3 Å². The molecule has 0 aliphatic heterocycles. The Kier molecular flexibility index (Phi) is 5.99. The van der Waals surface area contributed by atoms with Crippen molar-refractivity contribution in [3.8, 4) is 0 Å². The van der Waals surface area contributed by atoms with Gasteiger partial charge in [-0.3, -0.25) is 14.2 Å². The van der Waals surface area contributed by atoms with Crippen molar-refractivity contribution in [3.63, 3.8) is 0 Å². The average Bonchev–Trinajstić information content (AvgIpc) is 3.18. The molecule has 8 heteroatoms. The van der Waals surface area contributed by atoms with Gasteiger partial charge in [-0.25, -0.2) is 4.98 Å². The topological polar surface area (TPSA) is 64.0 Å². The van der Waals surface area contributed by atoms with E-state index in [1.807, 2.05) is 41.8 Å². The second-order valence-corrected chi connectivity index (χ2v) is 8.55. The lowest BCUT2D eigenvalue weighted by Gasteiger charge is -2.12. The molecule has 0 aliphatic carbocycles. The molecule has 29 heavy (non-hydrogen) atoms. The predicted octanol–water partition coefficient (Wildman–Crippen LogP) is 4.89. The number of fused-ring (bicyclic) bond motifs is 1. The van der Waals surface area contributed by atoms with Crippen LogP contribution in [0.15, 0.2) is 76.0 Å². The maximum atomic E-state index is 13.0. The van der Waals surface area contributed by atoms with Crippen molar-refractivity contribution in [2.45, 2.75) is 11.7 Å². The number of amides is 1. The molecule has 0 saturated carbocycles. The fraction of sp³-hybridized carbons (Fsp3) is 0.0952. The van der Waals surface area contributed by atoms with Crippen molar-refractivity contribution < 1.29 is 4.79 Å². The Balaban J connectivity index is 1.58. The van der Waals surface area contributed by atoms with Crippen LogP contribution >= 0.6 is 34.7 Å². The molecule has 0 fully saturated rings. The van der Waals surface area contributed by atoms with Crippen molar-refractivity contribution in [2.24, 2.45) is 0 Å². The number of nitrogens with one attached hydrogen (secondary N) is 1. The molecular formula is C21H16ClN3O2S2. The quantitative estimate of drug-likeness (QED) is 0.342. The molecular weight excluding hydrogens is 426 g/mol. The summed E-state index contributed by atoms with van der Waals surface area (Å²) in [7, 11) is 0. The number of aromatic nitrogens is 2. The van der Waals surface area contributed by atoms with E-state index in [0.717, 1.165) is 5.56 Å². The lowest BCUT2D eigenvalue weighted by molar-refractivity contribution is -0.113. The lowest BCUT2D eigenvalue weighted by Crippen LogP contribution is -2.24. The number of anilines is 1. The maximum absolute atomic E-state index is 13.0. The van der Waals surface area contributed by atoms with E-state index >= 15 is 0 Å². The van der Waals surface area contributed by atoms with Crippen molar-refractivity contribution in [1.29, 1.82) is 0 Å². The van der Waals surface area contributed by atoms with Crippen LogP contribution in [0.4, 0.5) is 5.69 Å². The first-order valence-corrected chi connectivity index (χ1v) is 11.0. The minimum atomic E-state index is -0.191. The number of rotatable bonds is 6. The number of hydrogen-bond donors (Lipinski definition) is 1. The summed E-state index contributed by atoms with van der Waals surface area (Å²) < 4.78 is 2.25. The van der Waals surface area contributed by atoms with Gasteiger partial charge in [0, 0.05) is 10.7 Å². The van der Waals surface area contributed by atoms with Crippen LogP contribution in [0.5, 0.6) is 0 Å². The minimum absolute atomic E-state index is 0.0911. The first kappa shape index (κ1) is 19.7. The van der Waals surface area contributed by atoms with E-state index < -0.39 is 0 Å². The molecule has 5 nitrogen and oxygen atoms in total. The molecule has 0 atom stereocenters. The van der Waals surface area contributed by atoms with Crippen LogP contribution in [0.1, 0.15) is 5.56 Å². The summed E-state index contributed by atoms with van der Waals surface area (Å²) in [5.41, 5.74) is 2.19. The zero-order valence-corrected chi connectivity index (χ0v) is 17.6. The Morgan fingerprint density at radius 3 is 2.76 bits per heavy atom. The Labute approximate surface area is 180 Å². The van der Waals surface area contributed by atoms with Crippen LogP contribution < -0.4 is 10.9 Å². The Morgan fingerprint density at radius 2 is 1.97 bits per heavy atom. The maximum Gasteiger partial charge on any atom is 0.272 e. The second-order valence-electron chi connectivity index (χ2n) is 6.25. The smallest absolute Gasteiger partial charge is 0.272 e. The van der Waals surface area contributed by atoms with Crippen LogP contribution in [0, 0.1) is 0 Å². The summed E-state index contributed by atoms with van der Waals surface area (Å²) in [6.07, 6.45) is 0. The van der Waals surface area contributed by atoms with Gasteiger partial charge in [-0.1, -0.05) is 59.8 Å². The Bertz CT molecular complexity index is 1220. The first-order chi connectivity index (χ1) is 14.1. The summed E-state index contributed by atoms with van der Waals surface area (Å²) in [6.45, 7) is 0.402. The third-order valence-corrected chi connectivity index (χ3v) is 6.26. The normalized spacial score (nSPS) is 10.9. The number of thioether (sulfide) groups is 1. The molecule has 146 valence electrons. The summed E-state index contributed by atoms with van der Waals surface area (Å²) in [6, 6.07) is 18.5. The van der Waals surface area contributed by atoms with Gasteiger partial charge < -0.3 is 5.32 Å². The number of hydrogen-bond acceptors (Lipinski definition) is 5. The van der Waals surface area contributed by atoms with Crippen LogP contribution in [0.2, 0.25) is 5.02 Å². The van der Waals surface area contributed by atoms with E-state index in [-0.39, 0.29) is 17.2 Å². The van der Waals surface area contributed by atoms with Gasteiger partial charge in [0.25, 0.3) is 5.56 Å². The number of carbonyl (C=O) groups is 1. The number of benzene rings is 2. The number of carbonyl (C=O) groups excluding carboxylic acids is 1. The van der Waals surface area contributed by atoms with Gasteiger partial charge >= 0.3 is 0 Å².